The number of furan rings is 1. The van der Waals surface area contributed by atoms with Crippen LogP contribution in [0.2, 0.25) is 0 Å². The van der Waals surface area contributed by atoms with Gasteiger partial charge in [-0.25, -0.2) is 4.39 Å². The highest BCUT2D eigenvalue weighted by atomic mass is 19.1. The maximum Gasteiger partial charge on any atom is 0.136 e. The fraction of sp³-hybridized carbons (Fsp3) is 0.0164. The van der Waals surface area contributed by atoms with Crippen molar-refractivity contribution < 1.29 is 8.81 Å². The van der Waals surface area contributed by atoms with E-state index in [2.05, 4.69) is 211 Å². The molecule has 0 unspecified atom stereocenters. The number of anilines is 3. The fourth-order valence-corrected chi connectivity index (χ4v) is 10.8. The van der Waals surface area contributed by atoms with Crippen molar-refractivity contribution in [2.24, 2.45) is 0 Å². The van der Waals surface area contributed by atoms with Crippen LogP contribution in [0.5, 0.6) is 0 Å². The van der Waals surface area contributed by atoms with Gasteiger partial charge in [0.2, 0.25) is 0 Å². The van der Waals surface area contributed by atoms with Gasteiger partial charge >= 0.3 is 0 Å². The van der Waals surface area contributed by atoms with Crippen LogP contribution >= 0.6 is 0 Å². The van der Waals surface area contributed by atoms with Gasteiger partial charge in [-0.1, -0.05) is 164 Å². The second-order valence-corrected chi connectivity index (χ2v) is 16.9. The van der Waals surface area contributed by atoms with Crippen LogP contribution in [0, 0.1) is 5.82 Å². The standard InChI is InChI=1S/C61H38FNO/c62-45-26-28-46(29-27-45)63(48-31-35-57-54(38-48)60-52(20-11-21-58(60)64-57)42-24-32-50-41(36-42)23-22-39-12-7-9-18-49(39)50)47-30-34-55-53(37-47)59-51-19-10-8-13-40(51)25-33-56(59)61(55,43-14-3-1-4-15-43)44-16-5-2-6-17-44/h1-38H. The van der Waals surface area contributed by atoms with E-state index in [4.69, 9.17) is 4.42 Å². The van der Waals surface area contributed by atoms with E-state index in [1.165, 1.54) is 65.7 Å². The van der Waals surface area contributed by atoms with E-state index in [-0.39, 0.29) is 5.82 Å². The molecule has 0 saturated carbocycles. The molecule has 0 aliphatic heterocycles. The van der Waals surface area contributed by atoms with Crippen molar-refractivity contribution in [3.63, 3.8) is 0 Å². The van der Waals surface area contributed by atoms with Gasteiger partial charge in [0.05, 0.1) is 5.41 Å². The quantitative estimate of drug-likeness (QED) is 0.155. The Hall–Kier alpha value is -8.27. The summed E-state index contributed by atoms with van der Waals surface area (Å²) in [5.74, 6) is -0.280. The van der Waals surface area contributed by atoms with Gasteiger partial charge in [0.1, 0.15) is 17.0 Å². The highest BCUT2D eigenvalue weighted by Crippen LogP contribution is 2.59. The second kappa shape index (κ2) is 14.1. The van der Waals surface area contributed by atoms with Crippen LogP contribution in [0.15, 0.2) is 235 Å². The summed E-state index contributed by atoms with van der Waals surface area (Å²) in [6, 6.07) is 81.3. The van der Waals surface area contributed by atoms with Crippen molar-refractivity contribution in [2.45, 2.75) is 5.41 Å². The molecular weight excluding hydrogens is 782 g/mol. The van der Waals surface area contributed by atoms with E-state index in [0.717, 1.165) is 50.1 Å². The molecule has 1 heterocycles. The van der Waals surface area contributed by atoms with Crippen molar-refractivity contribution in [1.29, 1.82) is 0 Å². The molecule has 1 aliphatic carbocycles. The summed E-state index contributed by atoms with van der Waals surface area (Å²) in [5.41, 5.74) is 13.4. The maximum absolute atomic E-state index is 14.7. The van der Waals surface area contributed by atoms with Crippen molar-refractivity contribution in [3.8, 4) is 22.3 Å². The van der Waals surface area contributed by atoms with Crippen LogP contribution in [-0.2, 0) is 5.41 Å². The van der Waals surface area contributed by atoms with Crippen molar-refractivity contribution in [2.75, 3.05) is 4.90 Å². The average Bonchev–Trinajstić information content (AvgIpc) is 3.89. The number of halogens is 1. The van der Waals surface area contributed by atoms with Crippen LogP contribution in [0.4, 0.5) is 21.5 Å². The van der Waals surface area contributed by atoms with Gasteiger partial charge in [-0.3, -0.25) is 0 Å². The number of hydrogen-bond acceptors (Lipinski definition) is 2. The Balaban J connectivity index is 1.04. The molecular formula is C61H38FNO. The predicted octanol–water partition coefficient (Wildman–Crippen LogP) is 16.7. The molecule has 1 aromatic heterocycles. The Bertz CT molecular complexity index is 3760. The molecule has 0 saturated heterocycles. The lowest BCUT2D eigenvalue weighted by atomic mass is 9.67. The summed E-state index contributed by atoms with van der Waals surface area (Å²) in [6.07, 6.45) is 0. The Morgan fingerprint density at radius 2 is 0.984 bits per heavy atom. The van der Waals surface area contributed by atoms with E-state index in [0.29, 0.717) is 0 Å². The molecule has 3 heteroatoms. The average molecular weight is 820 g/mol. The number of nitrogens with zero attached hydrogens (tertiary/aromatic N) is 1. The van der Waals surface area contributed by atoms with Gasteiger partial charge in [-0.2, -0.15) is 0 Å². The third-order valence-electron chi connectivity index (χ3n) is 13.6. The molecule has 0 fully saturated rings. The third-order valence-corrected chi connectivity index (χ3v) is 13.6. The third kappa shape index (κ3) is 5.37. The highest BCUT2D eigenvalue weighted by Gasteiger charge is 2.47. The molecule has 0 radical (unpaired) electrons. The zero-order valence-electron chi connectivity index (χ0n) is 34.7. The van der Waals surface area contributed by atoms with Crippen LogP contribution < -0.4 is 4.90 Å². The molecule has 0 atom stereocenters. The Morgan fingerprint density at radius 1 is 0.375 bits per heavy atom. The van der Waals surface area contributed by atoms with E-state index in [1.807, 2.05) is 12.1 Å². The monoisotopic (exact) mass is 819 g/mol. The first-order chi connectivity index (χ1) is 31.6. The summed E-state index contributed by atoms with van der Waals surface area (Å²) < 4.78 is 21.3. The summed E-state index contributed by atoms with van der Waals surface area (Å²) >= 11 is 0. The molecule has 300 valence electrons. The van der Waals surface area contributed by atoms with Gasteiger partial charge in [0.15, 0.2) is 0 Å². The number of hydrogen-bond donors (Lipinski definition) is 0. The minimum atomic E-state index is -0.558. The smallest absolute Gasteiger partial charge is 0.136 e. The van der Waals surface area contributed by atoms with Gasteiger partial charge in [-0.15, -0.1) is 0 Å². The lowest BCUT2D eigenvalue weighted by Crippen LogP contribution is -2.28. The molecule has 0 amide bonds. The second-order valence-electron chi connectivity index (χ2n) is 16.9. The molecule has 12 aromatic rings. The SMILES string of the molecule is Fc1ccc(N(c2ccc3c(c2)-c2c(ccc4ccccc24)C3(c2ccccc2)c2ccccc2)c2ccc3oc4cccc(-c5ccc6c(ccc7ccccc76)c5)c4c3c2)cc1. The van der Waals surface area contributed by atoms with Crippen molar-refractivity contribution in [3.05, 3.63) is 259 Å². The molecule has 13 rings (SSSR count). The first-order valence-electron chi connectivity index (χ1n) is 21.8. The van der Waals surface area contributed by atoms with Gasteiger partial charge in [0.25, 0.3) is 0 Å². The minimum absolute atomic E-state index is 0.280. The number of fused-ring (bicyclic) bond motifs is 11. The van der Waals surface area contributed by atoms with Crippen LogP contribution in [-0.4, -0.2) is 0 Å². The minimum Gasteiger partial charge on any atom is -0.456 e. The first kappa shape index (κ1) is 36.4. The largest absolute Gasteiger partial charge is 0.456 e. The lowest BCUT2D eigenvalue weighted by molar-refractivity contribution is 0.628. The maximum atomic E-state index is 14.7. The summed E-state index contributed by atoms with van der Waals surface area (Å²) in [7, 11) is 0. The summed E-state index contributed by atoms with van der Waals surface area (Å²) in [5, 5.41) is 9.38. The van der Waals surface area contributed by atoms with Crippen LogP contribution in [0.25, 0.3) is 76.5 Å². The topological polar surface area (TPSA) is 16.4 Å². The van der Waals surface area contributed by atoms with E-state index in [9.17, 15) is 4.39 Å². The van der Waals surface area contributed by atoms with Crippen molar-refractivity contribution in [1.82, 2.24) is 0 Å². The normalized spacial score (nSPS) is 12.9. The molecule has 0 bridgehead atoms. The molecule has 0 N–H and O–H groups in total. The highest BCUT2D eigenvalue weighted by molar-refractivity contribution is 6.15. The Kier molecular flexibility index (Phi) is 8.04. The lowest BCUT2D eigenvalue weighted by Gasteiger charge is -2.34. The van der Waals surface area contributed by atoms with E-state index in [1.54, 1.807) is 12.1 Å². The fourth-order valence-electron chi connectivity index (χ4n) is 10.8. The number of rotatable bonds is 6. The molecule has 2 nitrogen and oxygen atoms in total. The Labute approximate surface area is 369 Å². The van der Waals surface area contributed by atoms with E-state index >= 15 is 0 Å². The molecule has 1 aliphatic rings. The van der Waals surface area contributed by atoms with Gasteiger partial charge in [0, 0.05) is 27.8 Å². The summed E-state index contributed by atoms with van der Waals surface area (Å²) in [6.45, 7) is 0. The van der Waals surface area contributed by atoms with Crippen LogP contribution in [0.1, 0.15) is 22.3 Å². The Morgan fingerprint density at radius 3 is 1.77 bits per heavy atom. The van der Waals surface area contributed by atoms with Crippen molar-refractivity contribution >= 4 is 71.3 Å². The molecule has 11 aromatic carbocycles. The zero-order chi connectivity index (χ0) is 42.4. The number of benzene rings is 11. The summed E-state index contributed by atoms with van der Waals surface area (Å²) in [4.78, 5) is 2.25. The predicted molar refractivity (Wildman–Crippen MR) is 264 cm³/mol. The molecule has 64 heavy (non-hydrogen) atoms. The molecule has 0 spiro atoms. The van der Waals surface area contributed by atoms with Gasteiger partial charge in [-0.05, 0) is 144 Å². The first-order valence-corrected chi connectivity index (χ1v) is 21.8. The van der Waals surface area contributed by atoms with Crippen LogP contribution in [0.3, 0.4) is 0 Å². The van der Waals surface area contributed by atoms with E-state index < -0.39 is 5.41 Å². The zero-order valence-corrected chi connectivity index (χ0v) is 34.7. The van der Waals surface area contributed by atoms with Gasteiger partial charge < -0.3 is 9.32 Å².